The van der Waals surface area contributed by atoms with Crippen LogP contribution in [0.2, 0.25) is 0 Å². The van der Waals surface area contributed by atoms with E-state index in [2.05, 4.69) is 10.3 Å². The molecule has 2 heterocycles. The second-order valence-corrected chi connectivity index (χ2v) is 6.78. The normalized spacial score (nSPS) is 15.9. The molecule has 1 atom stereocenters. The van der Waals surface area contributed by atoms with Gasteiger partial charge in [-0.15, -0.1) is 0 Å². The Morgan fingerprint density at radius 2 is 2.03 bits per heavy atom. The number of benzene rings is 2. The number of halogens is 1. The number of carbonyl (C=O) groups excluding carboxylic acids is 1. The number of hydrogen-bond donors (Lipinski definition) is 1. The Morgan fingerprint density at radius 3 is 2.69 bits per heavy atom. The van der Waals surface area contributed by atoms with Gasteiger partial charge in [0, 0.05) is 25.0 Å². The van der Waals surface area contributed by atoms with Gasteiger partial charge in [0.25, 0.3) is 0 Å². The van der Waals surface area contributed by atoms with E-state index in [0.717, 1.165) is 5.56 Å². The number of rotatable bonds is 6. The van der Waals surface area contributed by atoms with Gasteiger partial charge in [-0.2, -0.15) is 0 Å². The number of anilines is 2. The van der Waals surface area contributed by atoms with Crippen molar-refractivity contribution >= 4 is 17.6 Å². The Kier molecular flexibility index (Phi) is 5.29. The van der Waals surface area contributed by atoms with E-state index in [1.165, 1.54) is 6.07 Å². The summed E-state index contributed by atoms with van der Waals surface area (Å²) in [7, 11) is 1.73. The molecule has 0 spiro atoms. The van der Waals surface area contributed by atoms with Crippen LogP contribution in [0, 0.1) is 5.82 Å². The summed E-state index contributed by atoms with van der Waals surface area (Å²) in [4.78, 5) is 17.2. The number of pyridine rings is 1. The van der Waals surface area contributed by atoms with Gasteiger partial charge in [-0.25, -0.2) is 14.2 Å². The summed E-state index contributed by atoms with van der Waals surface area (Å²) in [5, 5.41) is 3.04. The Bertz CT molecular complexity index is 996. The summed E-state index contributed by atoms with van der Waals surface area (Å²) in [6.07, 6.45) is 2.05. The molecule has 1 amide bonds. The summed E-state index contributed by atoms with van der Waals surface area (Å²) in [5.74, 6) is 0.832. The van der Waals surface area contributed by atoms with Crippen LogP contribution in [0.3, 0.4) is 0 Å². The van der Waals surface area contributed by atoms with Crippen LogP contribution < -0.4 is 10.1 Å². The molecule has 1 aromatic heterocycles. The van der Waals surface area contributed by atoms with Crippen molar-refractivity contribution in [2.24, 2.45) is 0 Å². The van der Waals surface area contributed by atoms with Crippen molar-refractivity contribution in [3.63, 3.8) is 0 Å². The predicted molar refractivity (Wildman–Crippen MR) is 107 cm³/mol. The van der Waals surface area contributed by atoms with Crippen molar-refractivity contribution in [1.82, 2.24) is 9.88 Å². The number of hydrogen-bond acceptors (Lipinski definition) is 5. The fraction of sp³-hybridized carbons (Fsp3) is 0.182. The quantitative estimate of drug-likeness (QED) is 0.655. The van der Waals surface area contributed by atoms with Crippen LogP contribution in [0.4, 0.5) is 20.7 Å². The molecule has 7 heteroatoms. The molecule has 1 saturated heterocycles. The van der Waals surface area contributed by atoms with E-state index < -0.39 is 5.82 Å². The minimum Gasteiger partial charge on any atom is -0.454 e. The third kappa shape index (κ3) is 4.45. The number of aromatic nitrogens is 1. The molecule has 1 aliphatic rings. The van der Waals surface area contributed by atoms with Gasteiger partial charge in [0.1, 0.15) is 18.2 Å². The van der Waals surface area contributed by atoms with Crippen molar-refractivity contribution < 1.29 is 18.7 Å². The van der Waals surface area contributed by atoms with Crippen LogP contribution in [0.5, 0.6) is 11.5 Å². The van der Waals surface area contributed by atoms with E-state index in [9.17, 15) is 9.18 Å². The van der Waals surface area contributed by atoms with Gasteiger partial charge in [0.15, 0.2) is 11.6 Å². The lowest BCUT2D eigenvalue weighted by Crippen LogP contribution is -2.30. The number of amides is 1. The van der Waals surface area contributed by atoms with E-state index in [4.69, 9.17) is 9.47 Å². The zero-order valence-electron chi connectivity index (χ0n) is 15.8. The van der Waals surface area contributed by atoms with Gasteiger partial charge in [-0.3, -0.25) is 0 Å². The van der Waals surface area contributed by atoms with Crippen LogP contribution in [0.25, 0.3) is 0 Å². The maximum absolute atomic E-state index is 14.4. The lowest BCUT2D eigenvalue weighted by Gasteiger charge is -2.16. The molecule has 2 aromatic carbocycles. The first-order valence-corrected chi connectivity index (χ1v) is 9.22. The van der Waals surface area contributed by atoms with Gasteiger partial charge in [0.2, 0.25) is 0 Å². The first-order valence-electron chi connectivity index (χ1n) is 9.22. The largest absolute Gasteiger partial charge is 0.454 e. The standard InChI is InChI=1S/C22H20FN3O3/c1-26-17(14-28-22(26)27)12-15-5-8-18(9-6-15)29-20-10-7-16(13-19(20)23)25-21-4-2-3-11-24-21/h2-11,13,17H,12,14H2,1H3,(H,24,25). The number of nitrogens with one attached hydrogen (secondary N) is 1. The van der Waals surface area contributed by atoms with Crippen LogP contribution >= 0.6 is 0 Å². The van der Waals surface area contributed by atoms with E-state index >= 15 is 0 Å². The number of carbonyl (C=O) groups is 1. The lowest BCUT2D eigenvalue weighted by atomic mass is 10.1. The Labute approximate surface area is 167 Å². The van der Waals surface area contributed by atoms with Crippen LogP contribution in [0.1, 0.15) is 5.56 Å². The zero-order chi connectivity index (χ0) is 20.2. The maximum atomic E-state index is 14.4. The topological polar surface area (TPSA) is 63.7 Å². The van der Waals surface area contributed by atoms with Gasteiger partial charge in [-0.1, -0.05) is 18.2 Å². The molecule has 1 unspecified atom stereocenters. The summed E-state index contributed by atoms with van der Waals surface area (Å²) >= 11 is 0. The van der Waals surface area contributed by atoms with Crippen LogP contribution in [0.15, 0.2) is 66.9 Å². The minimum atomic E-state index is -0.474. The number of ether oxygens (including phenoxy) is 2. The van der Waals surface area contributed by atoms with Gasteiger partial charge >= 0.3 is 6.09 Å². The molecule has 1 aliphatic heterocycles. The average molecular weight is 393 g/mol. The molecule has 148 valence electrons. The molecule has 3 aromatic rings. The van der Waals surface area contributed by atoms with Crippen molar-refractivity contribution in [3.05, 3.63) is 78.2 Å². The molecule has 0 bridgehead atoms. The van der Waals surface area contributed by atoms with Gasteiger partial charge < -0.3 is 19.7 Å². The van der Waals surface area contributed by atoms with Crippen LogP contribution in [-0.4, -0.2) is 35.7 Å². The lowest BCUT2D eigenvalue weighted by molar-refractivity contribution is 0.163. The number of cyclic esters (lactones) is 1. The van der Waals surface area contributed by atoms with Crippen LogP contribution in [-0.2, 0) is 11.2 Å². The molecule has 6 nitrogen and oxygen atoms in total. The molecule has 1 fully saturated rings. The first kappa shape index (κ1) is 18.7. The predicted octanol–water partition coefficient (Wildman–Crippen LogP) is 4.75. The van der Waals surface area contributed by atoms with Crippen molar-refractivity contribution in [3.8, 4) is 11.5 Å². The first-order chi connectivity index (χ1) is 14.1. The Morgan fingerprint density at radius 1 is 1.21 bits per heavy atom. The smallest absolute Gasteiger partial charge is 0.409 e. The monoisotopic (exact) mass is 393 g/mol. The highest BCUT2D eigenvalue weighted by molar-refractivity contribution is 5.69. The summed E-state index contributed by atoms with van der Waals surface area (Å²) in [6, 6.07) is 17.5. The summed E-state index contributed by atoms with van der Waals surface area (Å²) in [5.41, 5.74) is 1.63. The molecule has 1 N–H and O–H groups in total. The Balaban J connectivity index is 1.39. The van der Waals surface area contributed by atoms with Gasteiger partial charge in [0.05, 0.1) is 6.04 Å². The van der Waals surface area contributed by atoms with Crippen molar-refractivity contribution in [2.75, 3.05) is 19.0 Å². The molecule has 0 saturated carbocycles. The highest BCUT2D eigenvalue weighted by atomic mass is 19.1. The molecular formula is C22H20FN3O3. The third-order valence-electron chi connectivity index (χ3n) is 4.73. The second kappa shape index (κ2) is 8.18. The number of nitrogens with zero attached hydrogens (tertiary/aromatic N) is 2. The average Bonchev–Trinajstić information content (AvgIpc) is 3.04. The molecule has 0 radical (unpaired) electrons. The van der Waals surface area contributed by atoms with E-state index in [0.29, 0.717) is 30.3 Å². The highest BCUT2D eigenvalue weighted by Gasteiger charge is 2.29. The number of likely N-dealkylation sites (N-methyl/N-ethyl adjacent to an activating group) is 1. The van der Waals surface area contributed by atoms with Gasteiger partial charge in [-0.05, 0) is 48.4 Å². The van der Waals surface area contributed by atoms with Crippen molar-refractivity contribution in [2.45, 2.75) is 12.5 Å². The fourth-order valence-corrected chi connectivity index (χ4v) is 3.06. The summed E-state index contributed by atoms with van der Waals surface area (Å²) < 4.78 is 25.1. The second-order valence-electron chi connectivity index (χ2n) is 6.78. The third-order valence-corrected chi connectivity index (χ3v) is 4.73. The van der Waals surface area contributed by atoms with E-state index in [1.807, 2.05) is 24.3 Å². The molecule has 29 heavy (non-hydrogen) atoms. The fourth-order valence-electron chi connectivity index (χ4n) is 3.06. The Hall–Kier alpha value is -3.61. The van der Waals surface area contributed by atoms with E-state index in [1.54, 1.807) is 48.5 Å². The SMILES string of the molecule is CN1C(=O)OCC1Cc1ccc(Oc2ccc(Nc3ccccn3)cc2F)cc1. The molecule has 0 aliphatic carbocycles. The molecule has 4 rings (SSSR count). The zero-order valence-corrected chi connectivity index (χ0v) is 15.8. The van der Waals surface area contributed by atoms with E-state index in [-0.39, 0.29) is 17.9 Å². The van der Waals surface area contributed by atoms with Crippen molar-refractivity contribution in [1.29, 1.82) is 0 Å². The maximum Gasteiger partial charge on any atom is 0.409 e. The highest BCUT2D eigenvalue weighted by Crippen LogP contribution is 2.28. The molecular weight excluding hydrogens is 373 g/mol. The summed E-state index contributed by atoms with van der Waals surface area (Å²) in [6.45, 7) is 0.387. The minimum absolute atomic E-state index is 0.0193.